The Balaban J connectivity index is 1.67. The lowest BCUT2D eigenvalue weighted by Gasteiger charge is -2.11. The molecule has 0 bridgehead atoms. The molecule has 0 unspecified atom stereocenters. The molecule has 5 heteroatoms. The number of benzene rings is 5. The number of hydrogen-bond acceptors (Lipinski definition) is 4. The van der Waals surface area contributed by atoms with E-state index in [2.05, 4.69) is 36.4 Å². The van der Waals surface area contributed by atoms with Crippen LogP contribution in [0.15, 0.2) is 91.0 Å². The van der Waals surface area contributed by atoms with Gasteiger partial charge in [-0.15, -0.1) is 11.3 Å². The first-order valence-electron chi connectivity index (χ1n) is 11.7. The Bertz CT molecular complexity index is 1970. The second-order valence-electron chi connectivity index (χ2n) is 9.08. The zero-order chi connectivity index (χ0) is 24.6. The second kappa shape index (κ2) is 7.51. The SMILES string of the molecule is Cc1c(O)c(O)c2c3c4sc5ccc(-c6ccccc6)cc5c4ccc3n(-c3ccccc3)c2c1O. The van der Waals surface area contributed by atoms with E-state index in [9.17, 15) is 15.3 Å². The van der Waals surface area contributed by atoms with Crippen molar-refractivity contribution in [1.82, 2.24) is 4.57 Å². The van der Waals surface area contributed by atoms with Crippen molar-refractivity contribution in [2.75, 3.05) is 0 Å². The summed E-state index contributed by atoms with van der Waals surface area (Å²) in [6, 6.07) is 30.7. The van der Waals surface area contributed by atoms with E-state index in [0.717, 1.165) is 47.9 Å². The Kier molecular flexibility index (Phi) is 4.35. The fraction of sp³-hybridized carbons (Fsp3) is 0.0323. The molecule has 2 heterocycles. The molecule has 0 saturated carbocycles. The molecule has 4 nitrogen and oxygen atoms in total. The zero-order valence-electron chi connectivity index (χ0n) is 19.4. The molecule has 0 spiro atoms. The molecule has 174 valence electrons. The van der Waals surface area contributed by atoms with E-state index in [0.29, 0.717) is 10.9 Å². The van der Waals surface area contributed by atoms with Crippen LogP contribution in [0.3, 0.4) is 0 Å². The van der Waals surface area contributed by atoms with Crippen LogP contribution in [0.2, 0.25) is 0 Å². The number of phenolic OH excluding ortho intramolecular Hbond substituents is 3. The van der Waals surface area contributed by atoms with Crippen molar-refractivity contribution in [3.05, 3.63) is 96.6 Å². The maximum atomic E-state index is 11.2. The maximum Gasteiger partial charge on any atom is 0.168 e. The molecule has 36 heavy (non-hydrogen) atoms. The van der Waals surface area contributed by atoms with Crippen molar-refractivity contribution in [3.63, 3.8) is 0 Å². The molecule has 5 aromatic carbocycles. The van der Waals surface area contributed by atoms with Gasteiger partial charge in [0, 0.05) is 36.8 Å². The van der Waals surface area contributed by atoms with Crippen molar-refractivity contribution in [2.24, 2.45) is 0 Å². The van der Waals surface area contributed by atoms with Crippen molar-refractivity contribution < 1.29 is 15.3 Å². The number of hydrogen-bond donors (Lipinski definition) is 3. The van der Waals surface area contributed by atoms with E-state index in [1.807, 2.05) is 59.2 Å². The van der Waals surface area contributed by atoms with Crippen molar-refractivity contribution in [2.45, 2.75) is 6.92 Å². The van der Waals surface area contributed by atoms with Gasteiger partial charge in [-0.3, -0.25) is 0 Å². The van der Waals surface area contributed by atoms with Crippen LogP contribution >= 0.6 is 11.3 Å². The molecular formula is C31H21NO3S. The average molecular weight is 488 g/mol. The number of thiophene rings is 1. The first-order chi connectivity index (χ1) is 17.5. The predicted molar refractivity (Wildman–Crippen MR) is 149 cm³/mol. The molecule has 0 radical (unpaired) electrons. The second-order valence-corrected chi connectivity index (χ2v) is 10.1. The fourth-order valence-electron chi connectivity index (χ4n) is 5.30. The summed E-state index contributed by atoms with van der Waals surface area (Å²) in [5.74, 6) is -0.549. The molecule has 0 atom stereocenters. The highest BCUT2D eigenvalue weighted by atomic mass is 32.1. The Morgan fingerprint density at radius 3 is 2.11 bits per heavy atom. The Hall–Kier alpha value is -4.48. The Labute approximate surface area is 210 Å². The standard InChI is InChI=1S/C31H21NO3S/c1-17-28(33)27-26(30(35)29(17)34)25-23(32(27)20-10-6-3-7-11-20)14-13-21-22-16-19(18-8-4-2-5-9-18)12-15-24(22)36-31(21)25/h2-16,33-35H,1H3. The molecule has 7 rings (SSSR count). The van der Waals surface area contributed by atoms with Gasteiger partial charge in [-0.1, -0.05) is 60.7 Å². The number of para-hydroxylation sites is 1. The molecule has 0 aliphatic heterocycles. The Morgan fingerprint density at radius 2 is 1.36 bits per heavy atom. The highest BCUT2D eigenvalue weighted by Gasteiger charge is 2.26. The molecule has 3 N–H and O–H groups in total. The van der Waals surface area contributed by atoms with Gasteiger partial charge in [0.1, 0.15) is 11.3 Å². The average Bonchev–Trinajstić information content (AvgIpc) is 3.47. The number of fused-ring (bicyclic) bond motifs is 7. The lowest BCUT2D eigenvalue weighted by Crippen LogP contribution is -1.94. The summed E-state index contributed by atoms with van der Waals surface area (Å²) >= 11 is 1.66. The van der Waals surface area contributed by atoms with Gasteiger partial charge >= 0.3 is 0 Å². The minimum atomic E-state index is -0.295. The first kappa shape index (κ1) is 20.9. The minimum absolute atomic E-state index is 0.0408. The van der Waals surface area contributed by atoms with E-state index < -0.39 is 0 Å². The van der Waals surface area contributed by atoms with Crippen molar-refractivity contribution >= 4 is 53.3 Å². The van der Waals surface area contributed by atoms with Gasteiger partial charge in [-0.2, -0.15) is 0 Å². The lowest BCUT2D eigenvalue weighted by atomic mass is 10.0. The highest BCUT2D eigenvalue weighted by Crippen LogP contribution is 2.52. The van der Waals surface area contributed by atoms with Crippen LogP contribution in [-0.2, 0) is 0 Å². The largest absolute Gasteiger partial charge is 0.505 e. The quantitative estimate of drug-likeness (QED) is 0.170. The topological polar surface area (TPSA) is 65.6 Å². The summed E-state index contributed by atoms with van der Waals surface area (Å²) in [5, 5.41) is 36.5. The lowest BCUT2D eigenvalue weighted by molar-refractivity contribution is 0.398. The number of phenols is 3. The summed E-state index contributed by atoms with van der Waals surface area (Å²) in [6.45, 7) is 1.61. The van der Waals surface area contributed by atoms with Crippen molar-refractivity contribution in [3.8, 4) is 34.1 Å². The van der Waals surface area contributed by atoms with E-state index in [-0.39, 0.29) is 22.8 Å². The summed E-state index contributed by atoms with van der Waals surface area (Å²) in [7, 11) is 0. The number of aromatic nitrogens is 1. The van der Waals surface area contributed by atoms with E-state index in [1.54, 1.807) is 18.3 Å². The van der Waals surface area contributed by atoms with E-state index in [1.165, 1.54) is 0 Å². The van der Waals surface area contributed by atoms with Gasteiger partial charge in [0.15, 0.2) is 11.5 Å². The molecule has 2 aromatic heterocycles. The third kappa shape index (κ3) is 2.75. The van der Waals surface area contributed by atoms with Crippen LogP contribution < -0.4 is 0 Å². The van der Waals surface area contributed by atoms with Crippen LogP contribution in [-0.4, -0.2) is 19.9 Å². The van der Waals surface area contributed by atoms with Gasteiger partial charge < -0.3 is 19.9 Å². The number of nitrogens with zero attached hydrogens (tertiary/aromatic N) is 1. The van der Waals surface area contributed by atoms with Crippen LogP contribution in [0.1, 0.15) is 5.56 Å². The molecular weight excluding hydrogens is 466 g/mol. The monoisotopic (exact) mass is 487 g/mol. The minimum Gasteiger partial charge on any atom is -0.505 e. The van der Waals surface area contributed by atoms with Crippen LogP contribution in [0, 0.1) is 6.92 Å². The smallest absolute Gasteiger partial charge is 0.168 e. The normalized spacial score (nSPS) is 11.8. The predicted octanol–water partition coefficient (Wildman–Crippen LogP) is 8.24. The molecule has 0 amide bonds. The summed E-state index contributed by atoms with van der Waals surface area (Å²) < 4.78 is 4.11. The van der Waals surface area contributed by atoms with Crippen LogP contribution in [0.4, 0.5) is 0 Å². The van der Waals surface area contributed by atoms with E-state index >= 15 is 0 Å². The number of rotatable bonds is 2. The van der Waals surface area contributed by atoms with Gasteiger partial charge in [0.05, 0.1) is 10.9 Å². The van der Waals surface area contributed by atoms with Gasteiger partial charge in [-0.25, -0.2) is 0 Å². The van der Waals surface area contributed by atoms with Crippen LogP contribution in [0.25, 0.3) is 58.8 Å². The molecule has 0 aliphatic rings. The Morgan fingerprint density at radius 1 is 0.639 bits per heavy atom. The summed E-state index contributed by atoms with van der Waals surface area (Å²) in [5.41, 5.74) is 4.75. The first-order valence-corrected chi connectivity index (χ1v) is 12.5. The summed E-state index contributed by atoms with van der Waals surface area (Å²) in [4.78, 5) is 0. The van der Waals surface area contributed by atoms with Crippen LogP contribution in [0.5, 0.6) is 17.2 Å². The van der Waals surface area contributed by atoms with Gasteiger partial charge in [0.25, 0.3) is 0 Å². The molecule has 0 aliphatic carbocycles. The maximum absolute atomic E-state index is 11.2. The summed E-state index contributed by atoms with van der Waals surface area (Å²) in [6.07, 6.45) is 0. The van der Waals surface area contributed by atoms with E-state index in [4.69, 9.17) is 0 Å². The molecule has 0 saturated heterocycles. The fourth-order valence-corrected chi connectivity index (χ4v) is 6.54. The van der Waals surface area contributed by atoms with Gasteiger partial charge in [-0.05, 0) is 48.4 Å². The third-order valence-corrected chi connectivity index (χ3v) is 8.29. The van der Waals surface area contributed by atoms with Gasteiger partial charge in [0.2, 0.25) is 0 Å². The molecule has 7 aromatic rings. The zero-order valence-corrected chi connectivity index (χ0v) is 20.2. The van der Waals surface area contributed by atoms with Crippen molar-refractivity contribution in [1.29, 1.82) is 0 Å². The molecule has 0 fully saturated rings. The number of aromatic hydroxyl groups is 3. The third-order valence-electron chi connectivity index (χ3n) is 7.09. The highest BCUT2D eigenvalue weighted by molar-refractivity contribution is 7.26.